The number of benzene rings is 2. The van der Waals surface area contributed by atoms with E-state index in [-0.39, 0.29) is 0 Å². The zero-order valence-electron chi connectivity index (χ0n) is 12.0. The molecule has 0 saturated carbocycles. The Hall–Kier alpha value is -1.65. The summed E-state index contributed by atoms with van der Waals surface area (Å²) in [4.78, 5) is 4.61. The average Bonchev–Trinajstić information content (AvgIpc) is 2.75. The SMILES string of the molecule is Cc1cc(Br)cc(C(O)Cc2nc3ccccc3n2C)c1. The lowest BCUT2D eigenvalue weighted by molar-refractivity contribution is 0.175. The first-order valence-corrected chi connectivity index (χ1v) is 7.69. The Morgan fingerprint density at radius 3 is 2.71 bits per heavy atom. The number of nitrogens with zero attached hydrogens (tertiary/aromatic N) is 2. The number of aliphatic hydroxyl groups is 1. The summed E-state index contributed by atoms with van der Waals surface area (Å²) in [6.07, 6.45) is -0.0575. The van der Waals surface area contributed by atoms with Crippen molar-refractivity contribution in [3.8, 4) is 0 Å². The van der Waals surface area contributed by atoms with Crippen LogP contribution in [0.25, 0.3) is 11.0 Å². The Balaban J connectivity index is 1.92. The van der Waals surface area contributed by atoms with Gasteiger partial charge in [0.2, 0.25) is 0 Å². The minimum Gasteiger partial charge on any atom is -0.388 e. The highest BCUT2D eigenvalue weighted by atomic mass is 79.9. The maximum atomic E-state index is 10.5. The van der Waals surface area contributed by atoms with Crippen molar-refractivity contribution < 1.29 is 5.11 Å². The van der Waals surface area contributed by atoms with Crippen LogP contribution < -0.4 is 0 Å². The molecule has 21 heavy (non-hydrogen) atoms. The molecule has 3 rings (SSSR count). The normalized spacial score (nSPS) is 12.8. The fraction of sp³-hybridized carbons (Fsp3) is 0.235. The van der Waals surface area contributed by atoms with Crippen molar-refractivity contribution in [2.45, 2.75) is 19.4 Å². The first-order chi connectivity index (χ1) is 10.0. The van der Waals surface area contributed by atoms with Gasteiger partial charge in [0.1, 0.15) is 5.82 Å². The maximum absolute atomic E-state index is 10.5. The van der Waals surface area contributed by atoms with Gasteiger partial charge in [0.15, 0.2) is 0 Å². The lowest BCUT2D eigenvalue weighted by Gasteiger charge is -2.12. The summed E-state index contributed by atoms with van der Waals surface area (Å²) < 4.78 is 3.03. The fourth-order valence-electron chi connectivity index (χ4n) is 2.63. The molecule has 0 saturated heterocycles. The molecule has 0 aliphatic carbocycles. The van der Waals surface area contributed by atoms with Crippen LogP contribution >= 0.6 is 15.9 Å². The number of fused-ring (bicyclic) bond motifs is 1. The Bertz CT molecular complexity index is 774. The predicted octanol–water partition coefficient (Wildman–Crippen LogP) is 3.92. The number of hydrogen-bond acceptors (Lipinski definition) is 2. The van der Waals surface area contributed by atoms with Gasteiger partial charge in [0.05, 0.1) is 17.1 Å². The highest BCUT2D eigenvalue weighted by Gasteiger charge is 2.14. The Morgan fingerprint density at radius 1 is 1.24 bits per heavy atom. The van der Waals surface area contributed by atoms with E-state index < -0.39 is 6.10 Å². The summed E-state index contributed by atoms with van der Waals surface area (Å²) in [7, 11) is 1.99. The second-order valence-corrected chi connectivity index (χ2v) is 6.27. The third-order valence-electron chi connectivity index (χ3n) is 3.70. The largest absolute Gasteiger partial charge is 0.388 e. The number of halogens is 1. The van der Waals surface area contributed by atoms with Crippen LogP contribution in [0.2, 0.25) is 0 Å². The molecule has 1 aromatic heterocycles. The predicted molar refractivity (Wildman–Crippen MR) is 88.3 cm³/mol. The molecule has 0 radical (unpaired) electrons. The second kappa shape index (κ2) is 5.62. The van der Waals surface area contributed by atoms with Crippen molar-refractivity contribution in [3.63, 3.8) is 0 Å². The molecule has 1 heterocycles. The standard InChI is InChI=1S/C17H17BrN2O/c1-11-7-12(9-13(18)8-11)16(21)10-17-19-14-5-3-4-6-15(14)20(17)2/h3-9,16,21H,10H2,1-2H3. The van der Waals surface area contributed by atoms with Crippen LogP contribution in [-0.4, -0.2) is 14.7 Å². The second-order valence-electron chi connectivity index (χ2n) is 5.36. The molecule has 0 aliphatic rings. The lowest BCUT2D eigenvalue weighted by Crippen LogP contribution is -2.07. The quantitative estimate of drug-likeness (QED) is 0.781. The molecule has 0 bridgehead atoms. The minimum atomic E-state index is -0.559. The smallest absolute Gasteiger partial charge is 0.112 e. The topological polar surface area (TPSA) is 38.1 Å². The van der Waals surface area contributed by atoms with Gasteiger partial charge in [0.25, 0.3) is 0 Å². The van der Waals surface area contributed by atoms with E-state index in [9.17, 15) is 5.11 Å². The summed E-state index contributed by atoms with van der Waals surface area (Å²) >= 11 is 3.48. The van der Waals surface area contributed by atoms with Crippen LogP contribution in [0.3, 0.4) is 0 Å². The Labute approximate surface area is 132 Å². The van der Waals surface area contributed by atoms with Crippen molar-refractivity contribution in [3.05, 3.63) is 63.9 Å². The third-order valence-corrected chi connectivity index (χ3v) is 4.16. The molecule has 2 aromatic carbocycles. The summed E-state index contributed by atoms with van der Waals surface area (Å²) in [5.41, 5.74) is 4.09. The van der Waals surface area contributed by atoms with Gasteiger partial charge in [-0.15, -0.1) is 0 Å². The minimum absolute atomic E-state index is 0.501. The van der Waals surface area contributed by atoms with Gasteiger partial charge in [-0.1, -0.05) is 34.1 Å². The van der Waals surface area contributed by atoms with Gasteiger partial charge >= 0.3 is 0 Å². The van der Waals surface area contributed by atoms with E-state index in [0.29, 0.717) is 6.42 Å². The molecule has 3 aromatic rings. The molecule has 4 heteroatoms. The number of aliphatic hydroxyl groups excluding tert-OH is 1. The van der Waals surface area contributed by atoms with E-state index in [1.165, 1.54) is 0 Å². The van der Waals surface area contributed by atoms with Crippen LogP contribution in [0, 0.1) is 6.92 Å². The van der Waals surface area contributed by atoms with E-state index in [1.54, 1.807) is 0 Å². The molecular weight excluding hydrogens is 328 g/mol. The van der Waals surface area contributed by atoms with E-state index in [4.69, 9.17) is 0 Å². The lowest BCUT2D eigenvalue weighted by atomic mass is 10.0. The van der Waals surface area contributed by atoms with Crippen LogP contribution in [-0.2, 0) is 13.5 Å². The van der Waals surface area contributed by atoms with Crippen molar-refractivity contribution in [2.75, 3.05) is 0 Å². The summed E-state index contributed by atoms with van der Waals surface area (Å²) in [6.45, 7) is 2.02. The van der Waals surface area contributed by atoms with E-state index in [0.717, 1.165) is 32.5 Å². The number of aromatic nitrogens is 2. The summed E-state index contributed by atoms with van der Waals surface area (Å²) in [5, 5.41) is 10.5. The Kier molecular flexibility index (Phi) is 3.83. The Morgan fingerprint density at radius 2 is 2.00 bits per heavy atom. The molecule has 0 fully saturated rings. The van der Waals surface area contributed by atoms with Gasteiger partial charge in [-0.3, -0.25) is 0 Å². The van der Waals surface area contributed by atoms with Gasteiger partial charge in [-0.25, -0.2) is 4.98 Å². The highest BCUT2D eigenvalue weighted by molar-refractivity contribution is 9.10. The van der Waals surface area contributed by atoms with Gasteiger partial charge in [0, 0.05) is 17.9 Å². The van der Waals surface area contributed by atoms with Crippen LogP contribution in [0.15, 0.2) is 46.9 Å². The van der Waals surface area contributed by atoms with Gasteiger partial charge < -0.3 is 9.67 Å². The molecule has 108 valence electrons. The molecule has 0 aliphatic heterocycles. The number of imidazole rings is 1. The number of aryl methyl sites for hydroxylation is 2. The zero-order chi connectivity index (χ0) is 15.0. The molecule has 0 amide bonds. The maximum Gasteiger partial charge on any atom is 0.112 e. The molecule has 1 atom stereocenters. The molecule has 0 spiro atoms. The monoisotopic (exact) mass is 344 g/mol. The van der Waals surface area contributed by atoms with Crippen molar-refractivity contribution in [1.82, 2.24) is 9.55 Å². The molecular formula is C17H17BrN2O. The summed E-state index contributed by atoms with van der Waals surface area (Å²) in [6, 6.07) is 14.0. The molecule has 3 nitrogen and oxygen atoms in total. The number of para-hydroxylation sites is 2. The van der Waals surface area contributed by atoms with Gasteiger partial charge in [-0.2, -0.15) is 0 Å². The zero-order valence-corrected chi connectivity index (χ0v) is 13.6. The highest BCUT2D eigenvalue weighted by Crippen LogP contribution is 2.24. The van der Waals surface area contributed by atoms with Crippen molar-refractivity contribution in [1.29, 1.82) is 0 Å². The fourth-order valence-corrected chi connectivity index (χ4v) is 3.25. The molecule has 1 N–H and O–H groups in total. The van der Waals surface area contributed by atoms with Crippen LogP contribution in [0.5, 0.6) is 0 Å². The first kappa shape index (κ1) is 14.3. The first-order valence-electron chi connectivity index (χ1n) is 6.90. The van der Waals surface area contributed by atoms with Crippen molar-refractivity contribution >= 4 is 27.0 Å². The average molecular weight is 345 g/mol. The van der Waals surface area contributed by atoms with Gasteiger partial charge in [-0.05, 0) is 42.3 Å². The van der Waals surface area contributed by atoms with Crippen LogP contribution in [0.4, 0.5) is 0 Å². The third kappa shape index (κ3) is 2.87. The molecule has 1 unspecified atom stereocenters. The van der Waals surface area contributed by atoms with E-state index >= 15 is 0 Å². The summed E-state index contributed by atoms with van der Waals surface area (Å²) in [5.74, 6) is 0.890. The van der Waals surface area contributed by atoms with E-state index in [1.807, 2.05) is 61.0 Å². The number of rotatable bonds is 3. The van der Waals surface area contributed by atoms with Crippen LogP contribution in [0.1, 0.15) is 23.1 Å². The van der Waals surface area contributed by atoms with E-state index in [2.05, 4.69) is 20.9 Å². The number of hydrogen-bond donors (Lipinski definition) is 1. The van der Waals surface area contributed by atoms with Crippen molar-refractivity contribution in [2.24, 2.45) is 7.05 Å².